The Morgan fingerprint density at radius 3 is 2.27 bits per heavy atom. The number of carbonyl (C=O) groups excluding carboxylic acids is 1. The van der Waals surface area contributed by atoms with Gasteiger partial charge in [0.05, 0.1) is 0 Å². The maximum Gasteiger partial charge on any atom is 0.250 e. The van der Waals surface area contributed by atoms with Crippen molar-refractivity contribution in [1.29, 1.82) is 0 Å². The molecule has 2 heteroatoms. The Morgan fingerprint density at radius 2 is 1.93 bits per heavy atom. The summed E-state index contributed by atoms with van der Waals surface area (Å²) in [6.07, 6.45) is 9.14. The van der Waals surface area contributed by atoms with Gasteiger partial charge in [0.15, 0.2) is 0 Å². The third-order valence-electron chi connectivity index (χ3n) is 1.37. The molecule has 84 valence electrons. The van der Waals surface area contributed by atoms with Gasteiger partial charge in [0, 0.05) is 19.0 Å². The van der Waals surface area contributed by atoms with Crippen LogP contribution in [-0.4, -0.2) is 13.0 Å². The summed E-state index contributed by atoms with van der Waals surface area (Å²) in [4.78, 5) is 11.3. The molecule has 15 heavy (non-hydrogen) atoms. The lowest BCUT2D eigenvalue weighted by Gasteiger charge is -2.00. The highest BCUT2D eigenvalue weighted by molar-refractivity contribution is 5.96. The number of nitrogens with one attached hydrogen (secondary N) is 1. The SMILES string of the molecule is C#CC/C=C(\C=C(C)C)C(=O)NC.CC. The van der Waals surface area contributed by atoms with Crippen molar-refractivity contribution >= 4 is 5.91 Å². The van der Waals surface area contributed by atoms with Crippen LogP contribution < -0.4 is 5.32 Å². The molecule has 1 amide bonds. The molecule has 0 aliphatic rings. The highest BCUT2D eigenvalue weighted by atomic mass is 16.1. The largest absolute Gasteiger partial charge is 0.355 e. The molecular formula is C13H21NO. The molecule has 0 unspecified atom stereocenters. The van der Waals surface area contributed by atoms with Crippen LogP contribution in [0.25, 0.3) is 0 Å². The lowest BCUT2D eigenvalue weighted by Crippen LogP contribution is -2.19. The number of likely N-dealkylation sites (N-methyl/N-ethyl adjacent to an activating group) is 1. The number of rotatable bonds is 3. The van der Waals surface area contributed by atoms with Crippen LogP contribution in [0.5, 0.6) is 0 Å². The molecule has 0 rings (SSSR count). The topological polar surface area (TPSA) is 29.1 Å². The average Bonchev–Trinajstić information content (AvgIpc) is 2.25. The summed E-state index contributed by atoms with van der Waals surface area (Å²) in [6.45, 7) is 7.87. The molecule has 0 aliphatic carbocycles. The fourth-order valence-electron chi connectivity index (χ4n) is 0.841. The normalized spacial score (nSPS) is 9.20. The molecule has 0 saturated heterocycles. The van der Waals surface area contributed by atoms with Crippen LogP contribution in [0.3, 0.4) is 0 Å². The van der Waals surface area contributed by atoms with Gasteiger partial charge in [0.1, 0.15) is 0 Å². The molecule has 0 aromatic rings. The van der Waals surface area contributed by atoms with Gasteiger partial charge in [-0.25, -0.2) is 0 Å². The first kappa shape index (κ1) is 16.0. The van der Waals surface area contributed by atoms with Crippen molar-refractivity contribution in [2.24, 2.45) is 0 Å². The van der Waals surface area contributed by atoms with E-state index in [0.717, 1.165) is 5.57 Å². The first-order chi connectivity index (χ1) is 7.11. The van der Waals surface area contributed by atoms with Gasteiger partial charge in [0.2, 0.25) is 0 Å². The summed E-state index contributed by atoms with van der Waals surface area (Å²) in [6, 6.07) is 0. The second-order valence-electron chi connectivity index (χ2n) is 2.87. The monoisotopic (exact) mass is 207 g/mol. The zero-order valence-corrected chi connectivity index (χ0v) is 10.3. The van der Waals surface area contributed by atoms with E-state index in [4.69, 9.17) is 6.42 Å². The minimum absolute atomic E-state index is 0.101. The standard InChI is InChI=1S/C11H15NO.C2H6/c1-5-6-7-10(8-9(2)3)11(13)12-4;1-2/h1,7-8H,6H2,2-4H3,(H,12,13);1-2H3/b10-7+;. The van der Waals surface area contributed by atoms with Crippen molar-refractivity contribution < 1.29 is 4.79 Å². The third-order valence-corrected chi connectivity index (χ3v) is 1.37. The Balaban J connectivity index is 0. The van der Waals surface area contributed by atoms with Crippen molar-refractivity contribution in [3.63, 3.8) is 0 Å². The van der Waals surface area contributed by atoms with Crippen molar-refractivity contribution in [2.75, 3.05) is 7.05 Å². The van der Waals surface area contributed by atoms with Crippen LogP contribution in [0, 0.1) is 12.3 Å². The van der Waals surface area contributed by atoms with Crippen LogP contribution in [-0.2, 0) is 4.79 Å². The average molecular weight is 207 g/mol. The number of hydrogen-bond acceptors (Lipinski definition) is 1. The van der Waals surface area contributed by atoms with Gasteiger partial charge < -0.3 is 5.32 Å². The maximum absolute atomic E-state index is 11.3. The number of amides is 1. The van der Waals surface area contributed by atoms with Gasteiger partial charge in [-0.15, -0.1) is 12.3 Å². The second kappa shape index (κ2) is 10.6. The Morgan fingerprint density at radius 1 is 1.40 bits per heavy atom. The van der Waals surface area contributed by atoms with Crippen LogP contribution in [0.1, 0.15) is 34.1 Å². The Labute approximate surface area is 93.5 Å². The number of carbonyl (C=O) groups is 1. The van der Waals surface area contributed by atoms with Gasteiger partial charge in [-0.1, -0.05) is 31.6 Å². The summed E-state index contributed by atoms with van der Waals surface area (Å²) in [7, 11) is 1.60. The minimum Gasteiger partial charge on any atom is -0.355 e. The summed E-state index contributed by atoms with van der Waals surface area (Å²) >= 11 is 0. The van der Waals surface area contributed by atoms with Crippen molar-refractivity contribution in [1.82, 2.24) is 5.32 Å². The van der Waals surface area contributed by atoms with E-state index in [-0.39, 0.29) is 5.91 Å². The summed E-state index contributed by atoms with van der Waals surface area (Å²) < 4.78 is 0. The minimum atomic E-state index is -0.101. The molecule has 2 nitrogen and oxygen atoms in total. The Kier molecular flexibility index (Phi) is 11.3. The van der Waals surface area contributed by atoms with Gasteiger partial charge in [0.25, 0.3) is 5.91 Å². The van der Waals surface area contributed by atoms with Crippen molar-refractivity contribution in [2.45, 2.75) is 34.1 Å². The van der Waals surface area contributed by atoms with E-state index in [2.05, 4.69) is 11.2 Å². The van der Waals surface area contributed by atoms with E-state index in [9.17, 15) is 4.79 Å². The number of allylic oxidation sites excluding steroid dienone is 2. The van der Waals surface area contributed by atoms with Gasteiger partial charge in [-0.3, -0.25) is 4.79 Å². The predicted octanol–water partition coefficient (Wildman–Crippen LogP) is 2.67. The van der Waals surface area contributed by atoms with E-state index in [1.54, 1.807) is 13.1 Å². The lowest BCUT2D eigenvalue weighted by molar-refractivity contribution is -0.116. The predicted molar refractivity (Wildman–Crippen MR) is 66.4 cm³/mol. The number of hydrogen-bond donors (Lipinski definition) is 1. The fourth-order valence-corrected chi connectivity index (χ4v) is 0.841. The van der Waals surface area contributed by atoms with Gasteiger partial charge in [-0.2, -0.15) is 0 Å². The molecule has 0 aromatic carbocycles. The highest BCUT2D eigenvalue weighted by Gasteiger charge is 2.02. The maximum atomic E-state index is 11.3. The molecule has 0 aromatic heterocycles. The smallest absolute Gasteiger partial charge is 0.250 e. The molecule has 0 spiro atoms. The summed E-state index contributed by atoms with van der Waals surface area (Å²) in [5.41, 5.74) is 1.70. The summed E-state index contributed by atoms with van der Waals surface area (Å²) in [5, 5.41) is 2.56. The van der Waals surface area contributed by atoms with E-state index in [1.807, 2.05) is 33.8 Å². The molecule has 0 fully saturated rings. The third kappa shape index (κ3) is 8.83. The molecule has 0 saturated carbocycles. The molecule has 0 atom stereocenters. The van der Waals surface area contributed by atoms with Crippen LogP contribution >= 0.6 is 0 Å². The van der Waals surface area contributed by atoms with Gasteiger partial charge in [-0.05, 0) is 13.8 Å². The van der Waals surface area contributed by atoms with E-state index >= 15 is 0 Å². The zero-order chi connectivity index (χ0) is 12.3. The zero-order valence-electron chi connectivity index (χ0n) is 10.3. The van der Waals surface area contributed by atoms with Crippen LogP contribution in [0.15, 0.2) is 23.3 Å². The lowest BCUT2D eigenvalue weighted by atomic mass is 10.1. The number of terminal acetylenes is 1. The fraction of sp³-hybridized carbons (Fsp3) is 0.462. The first-order valence-electron chi connectivity index (χ1n) is 5.12. The second-order valence-corrected chi connectivity index (χ2v) is 2.87. The molecule has 1 N–H and O–H groups in total. The van der Waals surface area contributed by atoms with E-state index in [0.29, 0.717) is 12.0 Å². The van der Waals surface area contributed by atoms with Gasteiger partial charge >= 0.3 is 0 Å². The van der Waals surface area contributed by atoms with E-state index < -0.39 is 0 Å². The molecular weight excluding hydrogens is 186 g/mol. The quantitative estimate of drug-likeness (QED) is 0.430. The molecule has 0 aliphatic heterocycles. The molecule has 0 heterocycles. The van der Waals surface area contributed by atoms with E-state index in [1.165, 1.54) is 0 Å². The van der Waals surface area contributed by atoms with Crippen molar-refractivity contribution in [3.05, 3.63) is 23.3 Å². The van der Waals surface area contributed by atoms with Crippen molar-refractivity contribution in [3.8, 4) is 12.3 Å². The highest BCUT2D eigenvalue weighted by Crippen LogP contribution is 2.03. The van der Waals surface area contributed by atoms with Crippen LogP contribution in [0.4, 0.5) is 0 Å². The molecule has 0 bridgehead atoms. The molecule has 0 radical (unpaired) electrons. The Bertz CT molecular complexity index is 275. The Hall–Kier alpha value is -1.49. The summed E-state index contributed by atoms with van der Waals surface area (Å²) in [5.74, 6) is 2.36. The first-order valence-corrected chi connectivity index (χ1v) is 5.12. The van der Waals surface area contributed by atoms with Crippen LogP contribution in [0.2, 0.25) is 0 Å².